The highest BCUT2D eigenvalue weighted by atomic mass is 16.5. The Morgan fingerprint density at radius 2 is 1.94 bits per heavy atom. The van der Waals surface area contributed by atoms with Crippen molar-refractivity contribution in [3.8, 4) is 0 Å². The van der Waals surface area contributed by atoms with Gasteiger partial charge in [0.05, 0.1) is 12.2 Å². The van der Waals surface area contributed by atoms with Crippen molar-refractivity contribution in [2.24, 2.45) is 0 Å². The molecule has 1 rings (SSSR count). The highest BCUT2D eigenvalue weighted by molar-refractivity contribution is 5.96. The SMILES string of the molecule is CCOC(=O)/C(C=C=C(C)C)=C\c1ccccc1. The number of ether oxygens (including phenoxy) is 1. The molecule has 0 aliphatic rings. The molecule has 18 heavy (non-hydrogen) atoms. The zero-order chi connectivity index (χ0) is 13.4. The standard InChI is InChI=1S/C16H18O2/c1-4-18-16(17)15(11-10-13(2)3)12-14-8-6-5-7-9-14/h5-9,11-12H,4H2,1-3H3/b15-12-. The van der Waals surface area contributed by atoms with E-state index in [0.717, 1.165) is 11.1 Å². The fraction of sp³-hybridized carbons (Fsp3) is 0.250. The number of carbonyl (C=O) groups is 1. The Hall–Kier alpha value is -2.05. The third-order valence-corrected chi connectivity index (χ3v) is 2.15. The Morgan fingerprint density at radius 3 is 2.50 bits per heavy atom. The van der Waals surface area contributed by atoms with Crippen molar-refractivity contribution < 1.29 is 9.53 Å². The molecule has 0 atom stereocenters. The molecule has 0 fully saturated rings. The maximum atomic E-state index is 11.8. The summed E-state index contributed by atoms with van der Waals surface area (Å²) in [5.74, 6) is -0.324. The molecule has 0 aromatic heterocycles. The third kappa shape index (κ3) is 4.86. The zero-order valence-corrected chi connectivity index (χ0v) is 11.1. The van der Waals surface area contributed by atoms with Gasteiger partial charge in [-0.15, -0.1) is 5.73 Å². The molecule has 0 heterocycles. The van der Waals surface area contributed by atoms with Gasteiger partial charge < -0.3 is 4.74 Å². The van der Waals surface area contributed by atoms with Crippen molar-refractivity contribution in [1.29, 1.82) is 0 Å². The lowest BCUT2D eigenvalue weighted by Gasteiger charge is -2.02. The second-order valence-corrected chi connectivity index (χ2v) is 4.02. The van der Waals surface area contributed by atoms with E-state index in [2.05, 4.69) is 5.73 Å². The van der Waals surface area contributed by atoms with Gasteiger partial charge in [0.1, 0.15) is 0 Å². The van der Waals surface area contributed by atoms with Gasteiger partial charge in [-0.3, -0.25) is 0 Å². The van der Waals surface area contributed by atoms with E-state index in [0.29, 0.717) is 12.2 Å². The van der Waals surface area contributed by atoms with Crippen molar-refractivity contribution in [2.45, 2.75) is 20.8 Å². The number of esters is 1. The second kappa shape index (κ2) is 7.31. The summed E-state index contributed by atoms with van der Waals surface area (Å²) in [4.78, 5) is 11.8. The van der Waals surface area contributed by atoms with E-state index in [1.807, 2.05) is 44.2 Å². The summed E-state index contributed by atoms with van der Waals surface area (Å²) in [7, 11) is 0. The molecule has 0 saturated heterocycles. The molecule has 0 spiro atoms. The monoisotopic (exact) mass is 242 g/mol. The van der Waals surface area contributed by atoms with Crippen LogP contribution in [0.4, 0.5) is 0 Å². The maximum absolute atomic E-state index is 11.8. The first kappa shape index (κ1) is 14.0. The van der Waals surface area contributed by atoms with Crippen LogP contribution in [0.25, 0.3) is 6.08 Å². The molecule has 0 bridgehead atoms. The Balaban J connectivity index is 3.09. The summed E-state index contributed by atoms with van der Waals surface area (Å²) in [5.41, 5.74) is 5.51. The van der Waals surface area contributed by atoms with Gasteiger partial charge >= 0.3 is 5.97 Å². The first-order valence-electron chi connectivity index (χ1n) is 5.97. The third-order valence-electron chi connectivity index (χ3n) is 2.15. The molecular weight excluding hydrogens is 224 g/mol. The molecule has 0 aliphatic heterocycles. The van der Waals surface area contributed by atoms with Crippen LogP contribution in [0.3, 0.4) is 0 Å². The van der Waals surface area contributed by atoms with E-state index < -0.39 is 0 Å². The summed E-state index contributed by atoms with van der Waals surface area (Å²) < 4.78 is 5.02. The zero-order valence-electron chi connectivity index (χ0n) is 11.1. The molecule has 94 valence electrons. The van der Waals surface area contributed by atoms with Crippen LogP contribution in [0.15, 0.2) is 53.3 Å². The number of benzene rings is 1. The predicted molar refractivity (Wildman–Crippen MR) is 74.0 cm³/mol. The van der Waals surface area contributed by atoms with Gasteiger partial charge in [0.25, 0.3) is 0 Å². The van der Waals surface area contributed by atoms with Crippen LogP contribution in [0.2, 0.25) is 0 Å². The minimum absolute atomic E-state index is 0.324. The lowest BCUT2D eigenvalue weighted by Crippen LogP contribution is -2.05. The summed E-state index contributed by atoms with van der Waals surface area (Å²) >= 11 is 0. The van der Waals surface area contributed by atoms with E-state index in [1.165, 1.54) is 0 Å². The summed E-state index contributed by atoms with van der Waals surface area (Å²) in [5, 5.41) is 0. The lowest BCUT2D eigenvalue weighted by atomic mass is 10.1. The van der Waals surface area contributed by atoms with E-state index in [1.54, 1.807) is 19.1 Å². The lowest BCUT2D eigenvalue weighted by molar-refractivity contribution is -0.138. The second-order valence-electron chi connectivity index (χ2n) is 4.02. The van der Waals surface area contributed by atoms with Crippen LogP contribution in [0, 0.1) is 0 Å². The van der Waals surface area contributed by atoms with Gasteiger partial charge in [0.2, 0.25) is 0 Å². The van der Waals surface area contributed by atoms with Crippen molar-refractivity contribution in [1.82, 2.24) is 0 Å². The van der Waals surface area contributed by atoms with Crippen molar-refractivity contribution in [3.05, 3.63) is 58.8 Å². The van der Waals surface area contributed by atoms with Crippen LogP contribution >= 0.6 is 0 Å². The molecule has 0 N–H and O–H groups in total. The highest BCUT2D eigenvalue weighted by Crippen LogP contribution is 2.09. The minimum Gasteiger partial charge on any atom is -0.462 e. The van der Waals surface area contributed by atoms with Crippen molar-refractivity contribution in [2.75, 3.05) is 6.61 Å². The molecule has 0 radical (unpaired) electrons. The van der Waals surface area contributed by atoms with Crippen molar-refractivity contribution >= 4 is 12.0 Å². The molecule has 2 nitrogen and oxygen atoms in total. The Kier molecular flexibility index (Phi) is 5.69. The van der Waals surface area contributed by atoms with E-state index in [9.17, 15) is 4.79 Å². The van der Waals surface area contributed by atoms with Gasteiger partial charge in [-0.2, -0.15) is 0 Å². The number of hydrogen-bond donors (Lipinski definition) is 0. The first-order valence-corrected chi connectivity index (χ1v) is 5.97. The summed E-state index contributed by atoms with van der Waals surface area (Å²) in [6.07, 6.45) is 3.47. The van der Waals surface area contributed by atoms with Crippen LogP contribution in [-0.2, 0) is 9.53 Å². The smallest absolute Gasteiger partial charge is 0.338 e. The van der Waals surface area contributed by atoms with Crippen LogP contribution in [0.5, 0.6) is 0 Å². The number of rotatable bonds is 4. The van der Waals surface area contributed by atoms with E-state index >= 15 is 0 Å². The normalized spacial score (nSPS) is 10.5. The fourth-order valence-electron chi connectivity index (χ4n) is 1.32. The molecule has 2 heteroatoms. The average molecular weight is 242 g/mol. The van der Waals surface area contributed by atoms with Gasteiger partial charge in [-0.25, -0.2) is 4.79 Å². The predicted octanol–water partition coefficient (Wildman–Crippen LogP) is 3.75. The molecule has 0 unspecified atom stereocenters. The highest BCUT2D eigenvalue weighted by Gasteiger charge is 2.06. The largest absolute Gasteiger partial charge is 0.462 e. The molecule has 0 saturated carbocycles. The fourth-order valence-corrected chi connectivity index (χ4v) is 1.32. The molecule has 1 aromatic rings. The summed E-state index contributed by atoms with van der Waals surface area (Å²) in [6, 6.07) is 9.68. The topological polar surface area (TPSA) is 26.3 Å². The minimum atomic E-state index is -0.324. The van der Waals surface area contributed by atoms with Gasteiger partial charge in [-0.05, 0) is 44.1 Å². The quantitative estimate of drug-likeness (QED) is 0.348. The molecule has 0 amide bonds. The Bertz CT molecular complexity index is 485. The Labute approximate surface area is 108 Å². The van der Waals surface area contributed by atoms with Gasteiger partial charge in [-0.1, -0.05) is 30.3 Å². The van der Waals surface area contributed by atoms with Crippen LogP contribution in [0.1, 0.15) is 26.3 Å². The average Bonchev–Trinajstić information content (AvgIpc) is 2.35. The number of hydrogen-bond acceptors (Lipinski definition) is 2. The molecule has 1 aromatic carbocycles. The number of carbonyl (C=O) groups excluding carboxylic acids is 1. The van der Waals surface area contributed by atoms with Crippen LogP contribution in [-0.4, -0.2) is 12.6 Å². The molecule has 0 aliphatic carbocycles. The van der Waals surface area contributed by atoms with Gasteiger partial charge in [0.15, 0.2) is 0 Å². The van der Waals surface area contributed by atoms with Gasteiger partial charge in [0, 0.05) is 0 Å². The van der Waals surface area contributed by atoms with E-state index in [-0.39, 0.29) is 5.97 Å². The van der Waals surface area contributed by atoms with E-state index in [4.69, 9.17) is 4.74 Å². The van der Waals surface area contributed by atoms with Crippen LogP contribution < -0.4 is 0 Å². The van der Waals surface area contributed by atoms with Crippen molar-refractivity contribution in [3.63, 3.8) is 0 Å². The first-order chi connectivity index (χ1) is 8.63. The molecular formula is C16H18O2. The maximum Gasteiger partial charge on any atom is 0.338 e. The summed E-state index contributed by atoms with van der Waals surface area (Å²) in [6.45, 7) is 6.03. The Morgan fingerprint density at radius 1 is 1.28 bits per heavy atom.